The molecule has 3 aliphatic heterocycles. The number of piperidine rings is 1. The van der Waals surface area contributed by atoms with Gasteiger partial charge < -0.3 is 14.4 Å². The van der Waals surface area contributed by atoms with Crippen LogP contribution in [0, 0.1) is 5.92 Å². The molecular formula is C16H28N2O5S. The number of rotatable bonds is 5. The molecule has 0 aliphatic carbocycles. The number of likely N-dealkylation sites (tertiary alicyclic amines) is 1. The fourth-order valence-electron chi connectivity index (χ4n) is 3.97. The third-order valence-corrected chi connectivity index (χ3v) is 7.08. The Hall–Kier alpha value is -0.700. The van der Waals surface area contributed by atoms with E-state index in [9.17, 15) is 13.2 Å². The van der Waals surface area contributed by atoms with Crippen LogP contribution in [0.5, 0.6) is 0 Å². The molecule has 3 rings (SSSR count). The van der Waals surface area contributed by atoms with E-state index in [2.05, 4.69) is 4.90 Å². The maximum atomic E-state index is 12.6. The number of hydrogen-bond acceptors (Lipinski definition) is 6. The van der Waals surface area contributed by atoms with Crippen molar-refractivity contribution in [3.8, 4) is 0 Å². The Labute approximate surface area is 144 Å². The van der Waals surface area contributed by atoms with E-state index in [4.69, 9.17) is 9.47 Å². The van der Waals surface area contributed by atoms with Crippen molar-refractivity contribution in [1.82, 2.24) is 9.80 Å². The van der Waals surface area contributed by atoms with Crippen molar-refractivity contribution in [3.05, 3.63) is 0 Å². The van der Waals surface area contributed by atoms with E-state index in [-0.39, 0.29) is 29.7 Å². The van der Waals surface area contributed by atoms with Crippen molar-refractivity contribution >= 4 is 15.7 Å². The van der Waals surface area contributed by atoms with Crippen LogP contribution in [0.2, 0.25) is 0 Å². The highest BCUT2D eigenvalue weighted by Crippen LogP contribution is 2.26. The molecule has 0 radical (unpaired) electrons. The van der Waals surface area contributed by atoms with E-state index in [0.29, 0.717) is 38.6 Å². The van der Waals surface area contributed by atoms with Crippen LogP contribution in [0.4, 0.5) is 0 Å². The van der Waals surface area contributed by atoms with Gasteiger partial charge in [0.15, 0.2) is 16.1 Å². The molecule has 0 aromatic rings. The number of carbonyl (C=O) groups excluding carboxylic acids is 1. The zero-order valence-corrected chi connectivity index (χ0v) is 15.2. The van der Waals surface area contributed by atoms with Gasteiger partial charge in [-0.25, -0.2) is 8.42 Å². The molecule has 1 unspecified atom stereocenters. The van der Waals surface area contributed by atoms with Gasteiger partial charge in [-0.15, -0.1) is 0 Å². The predicted molar refractivity (Wildman–Crippen MR) is 89.3 cm³/mol. The Morgan fingerprint density at radius 1 is 1.17 bits per heavy atom. The molecular weight excluding hydrogens is 332 g/mol. The Balaban J connectivity index is 1.47. The summed E-state index contributed by atoms with van der Waals surface area (Å²) < 4.78 is 34.5. The minimum atomic E-state index is -2.97. The van der Waals surface area contributed by atoms with Crippen molar-refractivity contribution in [2.75, 3.05) is 50.9 Å². The van der Waals surface area contributed by atoms with Crippen LogP contribution in [0.3, 0.4) is 0 Å². The first-order chi connectivity index (χ1) is 11.5. The standard InChI is InChI=1S/C16H28N2O5S/c1-2-18(14-5-10-24(20,21)12-14)15(19)11-17-6-3-13(4-7-17)16-22-8-9-23-16/h13-14,16H,2-12H2,1H3. The SMILES string of the molecule is CCN(C(=O)CN1CCC(C2OCCO2)CC1)C1CCS(=O)(=O)C1. The van der Waals surface area contributed by atoms with Crippen LogP contribution in [-0.2, 0) is 24.1 Å². The fourth-order valence-corrected chi connectivity index (χ4v) is 5.70. The molecule has 138 valence electrons. The van der Waals surface area contributed by atoms with Gasteiger partial charge in [0.2, 0.25) is 5.91 Å². The molecule has 0 spiro atoms. The summed E-state index contributed by atoms with van der Waals surface area (Å²) in [6.07, 6.45) is 2.45. The molecule has 0 N–H and O–H groups in total. The first-order valence-electron chi connectivity index (χ1n) is 8.94. The molecule has 3 fully saturated rings. The molecule has 8 heteroatoms. The molecule has 1 atom stereocenters. The highest BCUT2D eigenvalue weighted by Gasteiger charge is 2.35. The normalized spacial score (nSPS) is 29.1. The van der Waals surface area contributed by atoms with Gasteiger partial charge in [0.05, 0.1) is 31.3 Å². The molecule has 0 saturated carbocycles. The van der Waals surface area contributed by atoms with Crippen molar-refractivity contribution in [2.24, 2.45) is 5.92 Å². The Morgan fingerprint density at radius 2 is 1.83 bits per heavy atom. The molecule has 3 heterocycles. The lowest BCUT2D eigenvalue weighted by atomic mass is 9.96. The van der Waals surface area contributed by atoms with E-state index in [1.54, 1.807) is 4.90 Å². The second-order valence-electron chi connectivity index (χ2n) is 6.96. The quantitative estimate of drug-likeness (QED) is 0.693. The number of sulfone groups is 1. The van der Waals surface area contributed by atoms with E-state index < -0.39 is 9.84 Å². The number of carbonyl (C=O) groups is 1. The van der Waals surface area contributed by atoms with Gasteiger partial charge >= 0.3 is 0 Å². The lowest BCUT2D eigenvalue weighted by Gasteiger charge is -2.35. The molecule has 7 nitrogen and oxygen atoms in total. The van der Waals surface area contributed by atoms with Crippen LogP contribution < -0.4 is 0 Å². The third-order valence-electron chi connectivity index (χ3n) is 5.33. The molecule has 0 bridgehead atoms. The summed E-state index contributed by atoms with van der Waals surface area (Å²) >= 11 is 0. The van der Waals surface area contributed by atoms with E-state index in [0.717, 1.165) is 25.9 Å². The highest BCUT2D eigenvalue weighted by atomic mass is 32.2. The van der Waals surface area contributed by atoms with Gasteiger partial charge in [0.1, 0.15) is 0 Å². The zero-order valence-electron chi connectivity index (χ0n) is 14.4. The van der Waals surface area contributed by atoms with Gasteiger partial charge in [0.25, 0.3) is 0 Å². The summed E-state index contributed by atoms with van der Waals surface area (Å²) in [5.41, 5.74) is 0. The molecule has 3 saturated heterocycles. The number of ether oxygens (including phenoxy) is 2. The van der Waals surface area contributed by atoms with E-state index in [1.165, 1.54) is 0 Å². The molecule has 0 aromatic heterocycles. The number of likely N-dealkylation sites (N-methyl/N-ethyl adjacent to an activating group) is 1. The van der Waals surface area contributed by atoms with Gasteiger partial charge in [-0.1, -0.05) is 0 Å². The molecule has 3 aliphatic rings. The monoisotopic (exact) mass is 360 g/mol. The fraction of sp³-hybridized carbons (Fsp3) is 0.938. The number of amides is 1. The Kier molecular flexibility index (Phi) is 5.79. The van der Waals surface area contributed by atoms with Gasteiger partial charge in [-0.3, -0.25) is 9.69 Å². The largest absolute Gasteiger partial charge is 0.350 e. The Morgan fingerprint density at radius 3 is 2.38 bits per heavy atom. The number of nitrogens with zero attached hydrogens (tertiary/aromatic N) is 2. The topological polar surface area (TPSA) is 76.2 Å². The van der Waals surface area contributed by atoms with Crippen molar-refractivity contribution < 1.29 is 22.7 Å². The lowest BCUT2D eigenvalue weighted by Crippen LogP contribution is -2.48. The average Bonchev–Trinajstić information content (AvgIpc) is 3.19. The van der Waals surface area contributed by atoms with Crippen LogP contribution in [0.15, 0.2) is 0 Å². The van der Waals surface area contributed by atoms with Crippen molar-refractivity contribution in [1.29, 1.82) is 0 Å². The maximum Gasteiger partial charge on any atom is 0.237 e. The number of hydrogen-bond donors (Lipinski definition) is 0. The highest BCUT2D eigenvalue weighted by molar-refractivity contribution is 7.91. The summed E-state index contributed by atoms with van der Waals surface area (Å²) in [6, 6.07) is -0.148. The predicted octanol–water partition coefficient (Wildman–Crippen LogP) is 0.107. The Bertz CT molecular complexity index is 539. The zero-order chi connectivity index (χ0) is 17.2. The van der Waals surface area contributed by atoms with Crippen LogP contribution in [0.25, 0.3) is 0 Å². The van der Waals surface area contributed by atoms with Gasteiger partial charge in [-0.2, -0.15) is 0 Å². The van der Waals surface area contributed by atoms with E-state index in [1.807, 2.05) is 6.92 Å². The summed E-state index contributed by atoms with van der Waals surface area (Å²) in [5.74, 6) is 0.784. The summed E-state index contributed by atoms with van der Waals surface area (Å²) in [7, 11) is -2.97. The maximum absolute atomic E-state index is 12.6. The van der Waals surface area contributed by atoms with E-state index >= 15 is 0 Å². The van der Waals surface area contributed by atoms with Gasteiger partial charge in [-0.05, 0) is 39.3 Å². The second-order valence-corrected chi connectivity index (χ2v) is 9.19. The lowest BCUT2D eigenvalue weighted by molar-refractivity contribution is -0.135. The molecule has 24 heavy (non-hydrogen) atoms. The van der Waals surface area contributed by atoms with Crippen LogP contribution in [-0.4, -0.2) is 87.4 Å². The average molecular weight is 360 g/mol. The minimum Gasteiger partial charge on any atom is -0.350 e. The van der Waals surface area contributed by atoms with Crippen LogP contribution >= 0.6 is 0 Å². The first-order valence-corrected chi connectivity index (χ1v) is 10.8. The molecule has 0 aromatic carbocycles. The summed E-state index contributed by atoms with van der Waals surface area (Å²) in [5, 5.41) is 0. The smallest absolute Gasteiger partial charge is 0.237 e. The van der Waals surface area contributed by atoms with Crippen LogP contribution in [0.1, 0.15) is 26.2 Å². The second kappa shape index (κ2) is 7.68. The summed E-state index contributed by atoms with van der Waals surface area (Å²) in [4.78, 5) is 16.5. The summed E-state index contributed by atoms with van der Waals surface area (Å²) in [6.45, 7) is 5.95. The molecule has 1 amide bonds. The third kappa shape index (κ3) is 4.28. The minimum absolute atomic E-state index is 0.0476. The first kappa shape index (κ1) is 18.1. The van der Waals surface area contributed by atoms with Crippen molar-refractivity contribution in [3.63, 3.8) is 0 Å². The van der Waals surface area contributed by atoms with Gasteiger partial charge in [0, 0.05) is 18.5 Å². The van der Waals surface area contributed by atoms with Crippen molar-refractivity contribution in [2.45, 2.75) is 38.5 Å².